The molecule has 1 unspecified atom stereocenters. The lowest BCUT2D eigenvalue weighted by Gasteiger charge is -2.21. The van der Waals surface area contributed by atoms with E-state index in [1.165, 1.54) is 0 Å². The van der Waals surface area contributed by atoms with Crippen molar-refractivity contribution in [3.63, 3.8) is 0 Å². The van der Waals surface area contributed by atoms with Crippen molar-refractivity contribution in [3.05, 3.63) is 0 Å². The number of hydrogen-bond acceptors (Lipinski definition) is 2. The summed E-state index contributed by atoms with van der Waals surface area (Å²) in [6.07, 6.45) is 0.990. The second kappa shape index (κ2) is 3.59. The minimum Gasteiger partial charge on any atom is -0.369 e. The second-order valence-corrected chi connectivity index (χ2v) is 4.80. The van der Waals surface area contributed by atoms with Crippen LogP contribution in [-0.4, -0.2) is 29.8 Å². The molecule has 4 heteroatoms. The van der Waals surface area contributed by atoms with Gasteiger partial charge in [-0.2, -0.15) is 0 Å². The van der Waals surface area contributed by atoms with Crippen LogP contribution in [0.15, 0.2) is 0 Å². The van der Waals surface area contributed by atoms with Gasteiger partial charge >= 0.3 is 0 Å². The molecule has 1 rings (SSSR count). The highest BCUT2D eigenvalue weighted by Gasteiger charge is 2.34. The van der Waals surface area contributed by atoms with E-state index < -0.39 is 11.8 Å². The van der Waals surface area contributed by atoms with Gasteiger partial charge in [-0.15, -0.1) is 0 Å². The number of carbonyl (C=O) groups excluding carboxylic acids is 2. The quantitative estimate of drug-likeness (QED) is 0.651. The summed E-state index contributed by atoms with van der Waals surface area (Å²) >= 11 is 0. The largest absolute Gasteiger partial charge is 0.369 e. The third-order valence-electron chi connectivity index (χ3n) is 2.79. The Balaban J connectivity index is 2.60. The third kappa shape index (κ3) is 2.25. The molecule has 0 aromatic carbocycles. The Morgan fingerprint density at radius 2 is 2.00 bits per heavy atom. The summed E-state index contributed by atoms with van der Waals surface area (Å²) in [6.45, 7) is 7.27. The summed E-state index contributed by atoms with van der Waals surface area (Å²) in [7, 11) is 0. The molecule has 1 aliphatic heterocycles. The van der Waals surface area contributed by atoms with Crippen molar-refractivity contribution >= 4 is 11.8 Å². The summed E-state index contributed by atoms with van der Waals surface area (Å²) in [5.74, 6) is -1.37. The summed E-state index contributed by atoms with van der Waals surface area (Å²) < 4.78 is 0. The molecule has 2 amide bonds. The van der Waals surface area contributed by atoms with E-state index in [9.17, 15) is 9.59 Å². The van der Waals surface area contributed by atoms with Crippen LogP contribution >= 0.6 is 0 Å². The minimum absolute atomic E-state index is 0.136. The topological polar surface area (TPSA) is 63.4 Å². The predicted molar refractivity (Wildman–Crippen MR) is 53.3 cm³/mol. The van der Waals surface area contributed by atoms with Crippen LogP contribution in [0.4, 0.5) is 0 Å². The summed E-state index contributed by atoms with van der Waals surface area (Å²) in [4.78, 5) is 24.3. The average Bonchev–Trinajstić information content (AvgIpc) is 2.43. The highest BCUT2D eigenvalue weighted by molar-refractivity contribution is 5.99. The van der Waals surface area contributed by atoms with Crippen molar-refractivity contribution in [2.75, 3.05) is 13.1 Å². The lowest BCUT2D eigenvalue weighted by molar-refractivity contribution is -0.139. The Hall–Kier alpha value is -1.06. The van der Waals surface area contributed by atoms with E-state index in [2.05, 4.69) is 13.8 Å². The number of likely N-dealkylation sites (tertiary alicyclic amines) is 1. The molecule has 1 heterocycles. The minimum atomic E-state index is -0.691. The van der Waals surface area contributed by atoms with E-state index in [-0.39, 0.29) is 11.3 Å². The van der Waals surface area contributed by atoms with Crippen molar-refractivity contribution in [1.29, 1.82) is 0 Å². The van der Waals surface area contributed by atoms with Crippen molar-refractivity contribution in [2.45, 2.75) is 27.2 Å². The van der Waals surface area contributed by atoms with Crippen molar-refractivity contribution in [2.24, 2.45) is 17.1 Å². The van der Waals surface area contributed by atoms with Crippen LogP contribution in [0.5, 0.6) is 0 Å². The van der Waals surface area contributed by atoms with Crippen LogP contribution in [0.1, 0.15) is 27.2 Å². The van der Waals surface area contributed by atoms with Gasteiger partial charge in [0.15, 0.2) is 0 Å². The molecule has 2 N–H and O–H groups in total. The first-order valence-corrected chi connectivity index (χ1v) is 4.91. The van der Waals surface area contributed by atoms with Crippen LogP contribution in [0.3, 0.4) is 0 Å². The fourth-order valence-corrected chi connectivity index (χ4v) is 1.70. The fraction of sp³-hybridized carbons (Fsp3) is 0.800. The van der Waals surface area contributed by atoms with Gasteiger partial charge in [0.1, 0.15) is 5.92 Å². The second-order valence-electron chi connectivity index (χ2n) is 4.80. The van der Waals surface area contributed by atoms with Gasteiger partial charge < -0.3 is 10.6 Å². The van der Waals surface area contributed by atoms with Gasteiger partial charge in [-0.25, -0.2) is 0 Å². The Morgan fingerprint density at radius 3 is 2.36 bits per heavy atom. The average molecular weight is 198 g/mol. The van der Waals surface area contributed by atoms with Gasteiger partial charge in [-0.1, -0.05) is 13.8 Å². The van der Waals surface area contributed by atoms with Crippen molar-refractivity contribution in [3.8, 4) is 0 Å². The maximum absolute atomic E-state index is 11.7. The van der Waals surface area contributed by atoms with Crippen LogP contribution in [0.25, 0.3) is 0 Å². The number of hydrogen-bond donors (Lipinski definition) is 1. The van der Waals surface area contributed by atoms with Gasteiger partial charge in [0.2, 0.25) is 11.8 Å². The number of carbonyl (C=O) groups is 2. The summed E-state index contributed by atoms with van der Waals surface area (Å²) in [6, 6.07) is 0. The van der Waals surface area contributed by atoms with E-state index in [4.69, 9.17) is 5.73 Å². The molecule has 0 aromatic heterocycles. The van der Waals surface area contributed by atoms with Crippen molar-refractivity contribution < 1.29 is 9.59 Å². The standard InChI is InChI=1S/C10H18N2O2/c1-7(8(11)13)9(14)12-5-4-10(2,3)6-12/h7H,4-6H2,1-3H3,(H2,11,13). The van der Waals surface area contributed by atoms with Crippen LogP contribution in [0.2, 0.25) is 0 Å². The first-order chi connectivity index (χ1) is 6.33. The Kier molecular flexibility index (Phi) is 2.83. The molecule has 4 nitrogen and oxygen atoms in total. The van der Waals surface area contributed by atoms with Gasteiger partial charge in [0.25, 0.3) is 0 Å². The first-order valence-electron chi connectivity index (χ1n) is 4.91. The molecular weight excluding hydrogens is 180 g/mol. The van der Waals surface area contributed by atoms with E-state index in [0.29, 0.717) is 0 Å². The molecule has 0 spiro atoms. The molecule has 80 valence electrons. The molecule has 1 fully saturated rings. The summed E-state index contributed by atoms with van der Waals surface area (Å²) in [5.41, 5.74) is 5.26. The molecule has 1 aliphatic rings. The predicted octanol–water partition coefficient (Wildman–Crippen LogP) is 0.366. The molecule has 14 heavy (non-hydrogen) atoms. The fourth-order valence-electron chi connectivity index (χ4n) is 1.70. The molecule has 0 saturated carbocycles. The molecular formula is C10H18N2O2. The molecule has 0 aliphatic carbocycles. The maximum atomic E-state index is 11.7. The molecule has 1 saturated heterocycles. The monoisotopic (exact) mass is 198 g/mol. The Bertz CT molecular complexity index is 261. The maximum Gasteiger partial charge on any atom is 0.234 e. The first kappa shape index (κ1) is 11.0. The van der Waals surface area contributed by atoms with E-state index in [1.54, 1.807) is 11.8 Å². The SMILES string of the molecule is CC(C(N)=O)C(=O)N1CCC(C)(C)C1. The molecule has 0 aromatic rings. The number of nitrogens with zero attached hydrogens (tertiary/aromatic N) is 1. The third-order valence-corrected chi connectivity index (χ3v) is 2.79. The van der Waals surface area contributed by atoms with Crippen molar-refractivity contribution in [1.82, 2.24) is 4.90 Å². The van der Waals surface area contributed by atoms with Gasteiger partial charge in [-0.3, -0.25) is 9.59 Å². The Morgan fingerprint density at radius 1 is 1.43 bits per heavy atom. The lowest BCUT2D eigenvalue weighted by atomic mass is 9.93. The van der Waals surface area contributed by atoms with Crippen LogP contribution in [0, 0.1) is 11.3 Å². The highest BCUT2D eigenvalue weighted by Crippen LogP contribution is 2.29. The normalized spacial score (nSPS) is 22.1. The van der Waals surface area contributed by atoms with Gasteiger partial charge in [0, 0.05) is 13.1 Å². The molecule has 0 radical (unpaired) electrons. The number of rotatable bonds is 2. The van der Waals surface area contributed by atoms with Crippen LogP contribution in [-0.2, 0) is 9.59 Å². The zero-order valence-corrected chi connectivity index (χ0v) is 9.04. The van der Waals surface area contributed by atoms with E-state index in [0.717, 1.165) is 19.5 Å². The number of nitrogens with two attached hydrogens (primary N) is 1. The zero-order valence-electron chi connectivity index (χ0n) is 9.04. The van der Waals surface area contributed by atoms with E-state index >= 15 is 0 Å². The number of primary amides is 1. The number of amides is 2. The molecule has 1 atom stereocenters. The van der Waals surface area contributed by atoms with Gasteiger partial charge in [-0.05, 0) is 18.8 Å². The van der Waals surface area contributed by atoms with E-state index in [1.807, 2.05) is 0 Å². The highest BCUT2D eigenvalue weighted by atomic mass is 16.2. The van der Waals surface area contributed by atoms with Crippen LogP contribution < -0.4 is 5.73 Å². The van der Waals surface area contributed by atoms with Gasteiger partial charge in [0.05, 0.1) is 0 Å². The summed E-state index contributed by atoms with van der Waals surface area (Å²) in [5, 5.41) is 0. The smallest absolute Gasteiger partial charge is 0.234 e. The molecule has 0 bridgehead atoms. The lowest BCUT2D eigenvalue weighted by Crippen LogP contribution is -2.39. The Labute approximate surface area is 84.4 Å². The zero-order chi connectivity index (χ0) is 10.9.